The summed E-state index contributed by atoms with van der Waals surface area (Å²) < 4.78 is 38.3. The van der Waals surface area contributed by atoms with E-state index in [1.165, 1.54) is 30.5 Å². The number of carboxylic acids is 1. The van der Waals surface area contributed by atoms with Gasteiger partial charge in [0.05, 0.1) is 11.1 Å². The van der Waals surface area contributed by atoms with E-state index in [1.807, 2.05) is 0 Å². The Morgan fingerprint density at radius 2 is 1.95 bits per heavy atom. The lowest BCUT2D eigenvalue weighted by atomic mass is 10.2. The number of alkyl halides is 3. The highest BCUT2D eigenvalue weighted by Crippen LogP contribution is 2.36. The summed E-state index contributed by atoms with van der Waals surface area (Å²) in [6.07, 6.45) is -3.23. The minimum absolute atomic E-state index is 0.0133. The summed E-state index contributed by atoms with van der Waals surface area (Å²) in [5.41, 5.74) is -0.692. The molecule has 4 nitrogen and oxygen atoms in total. The van der Waals surface area contributed by atoms with Gasteiger partial charge in [0.15, 0.2) is 0 Å². The number of carboxylic acid groups (broad SMARTS) is 1. The number of halogens is 4. The summed E-state index contributed by atoms with van der Waals surface area (Å²) in [4.78, 5) is 14.7. The van der Waals surface area contributed by atoms with E-state index >= 15 is 0 Å². The van der Waals surface area contributed by atoms with Crippen molar-refractivity contribution in [2.45, 2.75) is 6.18 Å². The molecule has 0 fully saturated rings. The predicted molar refractivity (Wildman–Crippen MR) is 73.6 cm³/mol. The molecule has 0 saturated heterocycles. The Hall–Kier alpha value is -2.09. The van der Waals surface area contributed by atoms with Crippen LogP contribution in [0.1, 0.15) is 15.9 Å². The first kappa shape index (κ1) is 15.3. The minimum atomic E-state index is -4.49. The largest absolute Gasteiger partial charge is 0.478 e. The maximum absolute atomic E-state index is 12.8. The highest BCUT2D eigenvalue weighted by molar-refractivity contribution is 9.10. The van der Waals surface area contributed by atoms with Crippen LogP contribution in [-0.4, -0.2) is 16.1 Å². The van der Waals surface area contributed by atoms with Gasteiger partial charge in [-0.05, 0) is 30.3 Å². The smallest absolute Gasteiger partial charge is 0.417 e. The number of aromatic carboxylic acids is 1. The van der Waals surface area contributed by atoms with E-state index in [0.29, 0.717) is 0 Å². The van der Waals surface area contributed by atoms with Crippen molar-refractivity contribution in [2.75, 3.05) is 5.32 Å². The van der Waals surface area contributed by atoms with Crippen LogP contribution in [0.4, 0.5) is 24.7 Å². The van der Waals surface area contributed by atoms with E-state index in [4.69, 9.17) is 5.11 Å². The van der Waals surface area contributed by atoms with Crippen molar-refractivity contribution in [1.82, 2.24) is 4.98 Å². The summed E-state index contributed by atoms with van der Waals surface area (Å²) in [6, 6.07) is 6.12. The van der Waals surface area contributed by atoms with Crippen LogP contribution in [0.3, 0.4) is 0 Å². The zero-order chi connectivity index (χ0) is 15.6. The highest BCUT2D eigenvalue weighted by Gasteiger charge is 2.33. The fourth-order valence-corrected chi connectivity index (χ4v) is 2.07. The molecule has 1 heterocycles. The molecule has 2 N–H and O–H groups in total. The summed E-state index contributed by atoms with van der Waals surface area (Å²) >= 11 is 2.84. The van der Waals surface area contributed by atoms with Crippen molar-refractivity contribution in [3.8, 4) is 0 Å². The van der Waals surface area contributed by atoms with Crippen LogP contribution in [0.5, 0.6) is 0 Å². The summed E-state index contributed by atoms with van der Waals surface area (Å²) in [5.74, 6) is -1.00. The van der Waals surface area contributed by atoms with Crippen LogP contribution in [-0.2, 0) is 6.18 Å². The molecule has 0 radical (unpaired) electrons. The number of nitrogens with zero attached hydrogens (tertiary/aromatic N) is 1. The van der Waals surface area contributed by atoms with E-state index in [0.717, 1.165) is 6.07 Å². The third kappa shape index (κ3) is 3.72. The average molecular weight is 361 g/mol. The zero-order valence-corrected chi connectivity index (χ0v) is 11.9. The van der Waals surface area contributed by atoms with Gasteiger partial charge in [-0.1, -0.05) is 15.9 Å². The van der Waals surface area contributed by atoms with Crippen molar-refractivity contribution in [3.63, 3.8) is 0 Å². The molecule has 2 rings (SSSR count). The van der Waals surface area contributed by atoms with Gasteiger partial charge in [-0.2, -0.15) is 13.2 Å². The molecule has 0 spiro atoms. The second-order valence-electron chi connectivity index (χ2n) is 4.05. The maximum Gasteiger partial charge on any atom is 0.417 e. The SMILES string of the molecule is O=C(O)c1ccnc(Nc2ccc(Br)c(C(F)(F)F)c2)c1. The molecule has 0 amide bonds. The molecule has 0 atom stereocenters. The predicted octanol–water partition coefficient (Wildman–Crippen LogP) is 4.30. The number of carbonyl (C=O) groups is 1. The first-order valence-corrected chi connectivity index (χ1v) is 6.40. The number of nitrogens with one attached hydrogen (secondary N) is 1. The molecule has 21 heavy (non-hydrogen) atoms. The Labute approximate surface area is 125 Å². The van der Waals surface area contributed by atoms with Crippen LogP contribution >= 0.6 is 15.9 Å². The highest BCUT2D eigenvalue weighted by atomic mass is 79.9. The van der Waals surface area contributed by atoms with E-state index in [9.17, 15) is 18.0 Å². The Morgan fingerprint density at radius 3 is 2.57 bits per heavy atom. The van der Waals surface area contributed by atoms with Crippen LogP contribution in [0.15, 0.2) is 41.0 Å². The molecule has 2 aromatic rings. The quantitative estimate of drug-likeness (QED) is 0.856. The van der Waals surface area contributed by atoms with E-state index in [1.54, 1.807) is 0 Å². The maximum atomic E-state index is 12.8. The van der Waals surface area contributed by atoms with Crippen molar-refractivity contribution in [3.05, 3.63) is 52.1 Å². The second kappa shape index (κ2) is 5.72. The summed E-state index contributed by atoms with van der Waals surface area (Å²) in [7, 11) is 0. The lowest BCUT2D eigenvalue weighted by Crippen LogP contribution is -2.07. The van der Waals surface area contributed by atoms with E-state index in [-0.39, 0.29) is 21.5 Å². The van der Waals surface area contributed by atoms with Gasteiger partial charge in [-0.25, -0.2) is 9.78 Å². The molecule has 0 saturated carbocycles. The molecule has 1 aromatic heterocycles. The molecular weight excluding hydrogens is 353 g/mol. The summed E-state index contributed by atoms with van der Waals surface area (Å²) in [5, 5.41) is 11.5. The van der Waals surface area contributed by atoms with Crippen LogP contribution in [0.2, 0.25) is 0 Å². The summed E-state index contributed by atoms with van der Waals surface area (Å²) in [6.45, 7) is 0. The molecule has 1 aromatic carbocycles. The van der Waals surface area contributed by atoms with Gasteiger partial charge in [-0.15, -0.1) is 0 Å². The van der Waals surface area contributed by atoms with E-state index in [2.05, 4.69) is 26.2 Å². The van der Waals surface area contributed by atoms with Crippen molar-refractivity contribution in [1.29, 1.82) is 0 Å². The number of rotatable bonds is 3. The third-order valence-electron chi connectivity index (χ3n) is 2.55. The first-order valence-electron chi connectivity index (χ1n) is 5.60. The van der Waals surface area contributed by atoms with Crippen molar-refractivity contribution in [2.24, 2.45) is 0 Å². The van der Waals surface area contributed by atoms with Crippen LogP contribution < -0.4 is 5.32 Å². The van der Waals surface area contributed by atoms with Gasteiger partial charge in [0.25, 0.3) is 0 Å². The lowest BCUT2D eigenvalue weighted by molar-refractivity contribution is -0.138. The number of hydrogen-bond acceptors (Lipinski definition) is 3. The lowest BCUT2D eigenvalue weighted by Gasteiger charge is -2.12. The van der Waals surface area contributed by atoms with Crippen LogP contribution in [0, 0.1) is 0 Å². The molecule has 8 heteroatoms. The topological polar surface area (TPSA) is 62.2 Å². The number of aromatic nitrogens is 1. The standard InChI is InChI=1S/C13H8BrF3N2O2/c14-10-2-1-8(6-9(10)13(15,16)17)19-11-5-7(12(20)21)3-4-18-11/h1-6H,(H,18,19)(H,20,21). The van der Waals surface area contributed by atoms with Gasteiger partial charge >= 0.3 is 12.1 Å². The van der Waals surface area contributed by atoms with Gasteiger partial charge in [0.1, 0.15) is 5.82 Å². The van der Waals surface area contributed by atoms with Gasteiger partial charge in [-0.3, -0.25) is 0 Å². The molecular formula is C13H8BrF3N2O2. The molecule has 110 valence electrons. The van der Waals surface area contributed by atoms with Crippen molar-refractivity contribution < 1.29 is 23.1 Å². The van der Waals surface area contributed by atoms with Crippen molar-refractivity contribution >= 4 is 33.4 Å². The molecule has 0 aliphatic heterocycles. The van der Waals surface area contributed by atoms with E-state index < -0.39 is 17.7 Å². The molecule has 0 unspecified atom stereocenters. The fourth-order valence-electron chi connectivity index (χ4n) is 1.60. The fraction of sp³-hybridized carbons (Fsp3) is 0.0769. The third-order valence-corrected chi connectivity index (χ3v) is 3.24. The van der Waals surface area contributed by atoms with Gasteiger partial charge < -0.3 is 10.4 Å². The Kier molecular flexibility index (Phi) is 4.17. The van der Waals surface area contributed by atoms with Gasteiger partial charge in [0.2, 0.25) is 0 Å². The minimum Gasteiger partial charge on any atom is -0.478 e. The number of anilines is 2. The number of hydrogen-bond donors (Lipinski definition) is 2. The Morgan fingerprint density at radius 1 is 1.24 bits per heavy atom. The average Bonchev–Trinajstić information content (AvgIpc) is 2.40. The normalized spacial score (nSPS) is 11.2. The Balaban J connectivity index is 2.32. The molecule has 0 aliphatic rings. The molecule has 0 bridgehead atoms. The molecule has 0 aliphatic carbocycles. The zero-order valence-electron chi connectivity index (χ0n) is 10.3. The first-order chi connectivity index (χ1) is 9.77. The van der Waals surface area contributed by atoms with Crippen LogP contribution in [0.25, 0.3) is 0 Å². The second-order valence-corrected chi connectivity index (χ2v) is 4.91. The Bertz CT molecular complexity index is 689. The number of pyridine rings is 1. The number of benzene rings is 1. The van der Waals surface area contributed by atoms with Gasteiger partial charge in [0, 0.05) is 16.4 Å². The monoisotopic (exact) mass is 360 g/mol.